The largest absolute Gasteiger partial charge is 0.357 e. The molecule has 1 aliphatic rings. The molecule has 0 spiro atoms. The first-order chi connectivity index (χ1) is 12.0. The van der Waals surface area contributed by atoms with Gasteiger partial charge in [-0.25, -0.2) is 13.1 Å². The zero-order valence-corrected chi connectivity index (χ0v) is 18.7. The van der Waals surface area contributed by atoms with Crippen LogP contribution in [0, 0.1) is 0 Å². The van der Waals surface area contributed by atoms with Gasteiger partial charge in [0.25, 0.3) is 0 Å². The van der Waals surface area contributed by atoms with Crippen LogP contribution < -0.4 is 10.0 Å². The first kappa shape index (κ1) is 23.1. The Morgan fingerprint density at radius 1 is 1.15 bits per heavy atom. The fourth-order valence-electron chi connectivity index (χ4n) is 2.78. The minimum atomic E-state index is -3.16. The van der Waals surface area contributed by atoms with Crippen LogP contribution in [0.25, 0.3) is 0 Å². The van der Waals surface area contributed by atoms with Crippen molar-refractivity contribution in [1.82, 2.24) is 19.8 Å². The Hall–Kier alpha value is -0.910. The van der Waals surface area contributed by atoms with Crippen LogP contribution in [0.3, 0.4) is 0 Å². The van der Waals surface area contributed by atoms with Crippen molar-refractivity contribution in [3.63, 3.8) is 0 Å². The maximum Gasteiger partial charge on any atom is 0.208 e. The summed E-state index contributed by atoms with van der Waals surface area (Å²) < 4.78 is 24.7. The molecule has 0 radical (unpaired) electrons. The Morgan fingerprint density at radius 3 is 2.38 bits per heavy atom. The quantitative estimate of drug-likeness (QED) is 0.255. The fourth-order valence-corrected chi connectivity index (χ4v) is 3.24. The summed E-state index contributed by atoms with van der Waals surface area (Å²) in [4.78, 5) is 9.22. The standard InChI is InChI=1S/C17H29N5O2S.HI/c1-3-18-17(19-9-10-20-25(2,23)24)22-13-11-21(12-14-22)15-16-7-5-4-6-8-16;/h4-8,20H,3,9-15H2,1-2H3,(H,18,19);1H. The molecule has 0 aromatic heterocycles. The van der Waals surface area contributed by atoms with E-state index in [-0.39, 0.29) is 24.0 Å². The van der Waals surface area contributed by atoms with Gasteiger partial charge in [0.1, 0.15) is 0 Å². The highest BCUT2D eigenvalue weighted by Crippen LogP contribution is 2.08. The van der Waals surface area contributed by atoms with E-state index in [1.54, 1.807) is 0 Å². The Kier molecular flexibility index (Phi) is 10.4. The molecule has 0 saturated carbocycles. The highest BCUT2D eigenvalue weighted by atomic mass is 127. The lowest BCUT2D eigenvalue weighted by Crippen LogP contribution is -2.52. The second-order valence-corrected chi connectivity index (χ2v) is 7.98. The third-order valence-corrected chi connectivity index (χ3v) is 4.72. The maximum absolute atomic E-state index is 11.1. The number of hydrogen-bond donors (Lipinski definition) is 2. The zero-order valence-electron chi connectivity index (χ0n) is 15.5. The van der Waals surface area contributed by atoms with E-state index in [2.05, 4.69) is 49.1 Å². The van der Waals surface area contributed by atoms with Crippen LogP contribution in [0.2, 0.25) is 0 Å². The van der Waals surface area contributed by atoms with Crippen molar-refractivity contribution >= 4 is 40.0 Å². The number of halogens is 1. The van der Waals surface area contributed by atoms with E-state index in [0.717, 1.165) is 51.5 Å². The van der Waals surface area contributed by atoms with E-state index in [9.17, 15) is 8.42 Å². The number of nitrogens with one attached hydrogen (secondary N) is 2. The lowest BCUT2D eigenvalue weighted by atomic mass is 10.2. The van der Waals surface area contributed by atoms with Gasteiger partial charge in [0.05, 0.1) is 12.8 Å². The number of rotatable bonds is 7. The Morgan fingerprint density at radius 2 is 1.81 bits per heavy atom. The molecule has 0 unspecified atom stereocenters. The summed E-state index contributed by atoms with van der Waals surface area (Å²) in [6.45, 7) is 8.36. The molecule has 1 aliphatic heterocycles. The second-order valence-electron chi connectivity index (χ2n) is 6.15. The molecule has 1 heterocycles. The summed E-state index contributed by atoms with van der Waals surface area (Å²) in [7, 11) is -3.16. The van der Waals surface area contributed by atoms with Gasteiger partial charge in [-0.1, -0.05) is 30.3 Å². The predicted octanol–water partition coefficient (Wildman–Crippen LogP) is 0.937. The molecule has 1 fully saturated rings. The van der Waals surface area contributed by atoms with Crippen LogP contribution in [0.1, 0.15) is 12.5 Å². The highest BCUT2D eigenvalue weighted by molar-refractivity contribution is 14.0. The van der Waals surface area contributed by atoms with Crippen molar-refractivity contribution in [2.75, 3.05) is 52.1 Å². The normalized spacial score (nSPS) is 16.2. The van der Waals surface area contributed by atoms with E-state index in [4.69, 9.17) is 0 Å². The van der Waals surface area contributed by atoms with Gasteiger partial charge in [0.15, 0.2) is 5.96 Å². The molecule has 0 atom stereocenters. The molecular weight excluding hydrogens is 465 g/mol. The van der Waals surface area contributed by atoms with E-state index in [1.807, 2.05) is 13.0 Å². The Bertz CT molecular complexity index is 646. The average Bonchev–Trinajstić information content (AvgIpc) is 2.58. The van der Waals surface area contributed by atoms with Crippen molar-refractivity contribution < 1.29 is 8.42 Å². The van der Waals surface area contributed by atoms with Crippen molar-refractivity contribution in [3.05, 3.63) is 35.9 Å². The summed E-state index contributed by atoms with van der Waals surface area (Å²) in [5, 5.41) is 3.29. The topological polar surface area (TPSA) is 77.0 Å². The van der Waals surface area contributed by atoms with Gasteiger partial charge in [0.2, 0.25) is 10.0 Å². The average molecular weight is 495 g/mol. The number of guanidine groups is 1. The van der Waals surface area contributed by atoms with Gasteiger partial charge in [-0.05, 0) is 12.5 Å². The molecule has 0 amide bonds. The van der Waals surface area contributed by atoms with E-state index in [1.165, 1.54) is 5.56 Å². The molecule has 1 aromatic carbocycles. The first-order valence-corrected chi connectivity index (χ1v) is 10.6. The van der Waals surface area contributed by atoms with Gasteiger partial charge < -0.3 is 10.2 Å². The minimum Gasteiger partial charge on any atom is -0.357 e. The predicted molar refractivity (Wildman–Crippen MR) is 118 cm³/mol. The van der Waals surface area contributed by atoms with Gasteiger partial charge in [-0.3, -0.25) is 9.89 Å². The summed E-state index contributed by atoms with van der Waals surface area (Å²) >= 11 is 0. The van der Waals surface area contributed by atoms with Crippen LogP contribution in [0.15, 0.2) is 35.3 Å². The Balaban J connectivity index is 0.00000338. The number of sulfonamides is 1. The molecular formula is C17H30IN5O2S. The van der Waals surface area contributed by atoms with Crippen molar-refractivity contribution in [2.45, 2.75) is 13.5 Å². The number of aliphatic imine (C=N–C) groups is 1. The summed E-state index contributed by atoms with van der Waals surface area (Å²) in [5.74, 6) is 0.858. The van der Waals surface area contributed by atoms with Crippen LogP contribution in [-0.4, -0.2) is 76.2 Å². The SMILES string of the molecule is CCNC(=NCCNS(C)(=O)=O)N1CCN(Cc2ccccc2)CC1.I. The van der Waals surface area contributed by atoms with E-state index >= 15 is 0 Å². The third-order valence-electron chi connectivity index (χ3n) is 3.99. The van der Waals surface area contributed by atoms with Crippen LogP contribution in [0.5, 0.6) is 0 Å². The monoisotopic (exact) mass is 495 g/mol. The van der Waals surface area contributed by atoms with Crippen LogP contribution in [0.4, 0.5) is 0 Å². The molecule has 7 nitrogen and oxygen atoms in total. The van der Waals surface area contributed by atoms with E-state index < -0.39 is 10.0 Å². The number of nitrogens with zero attached hydrogens (tertiary/aromatic N) is 3. The lowest BCUT2D eigenvalue weighted by molar-refractivity contribution is 0.172. The maximum atomic E-state index is 11.1. The molecule has 26 heavy (non-hydrogen) atoms. The smallest absolute Gasteiger partial charge is 0.208 e. The number of benzene rings is 1. The van der Waals surface area contributed by atoms with Crippen LogP contribution >= 0.6 is 24.0 Å². The van der Waals surface area contributed by atoms with Crippen molar-refractivity contribution in [2.24, 2.45) is 4.99 Å². The zero-order chi connectivity index (χ0) is 18.1. The lowest BCUT2D eigenvalue weighted by Gasteiger charge is -2.36. The van der Waals surface area contributed by atoms with Crippen molar-refractivity contribution in [1.29, 1.82) is 0 Å². The van der Waals surface area contributed by atoms with Crippen molar-refractivity contribution in [3.8, 4) is 0 Å². The third kappa shape index (κ3) is 8.65. The van der Waals surface area contributed by atoms with Gasteiger partial charge in [-0.2, -0.15) is 0 Å². The summed E-state index contributed by atoms with van der Waals surface area (Å²) in [6.07, 6.45) is 1.16. The summed E-state index contributed by atoms with van der Waals surface area (Å²) in [6, 6.07) is 10.5. The number of hydrogen-bond acceptors (Lipinski definition) is 4. The molecule has 0 bridgehead atoms. The highest BCUT2D eigenvalue weighted by Gasteiger charge is 2.19. The molecule has 1 saturated heterocycles. The van der Waals surface area contributed by atoms with Gasteiger partial charge in [-0.15, -0.1) is 24.0 Å². The van der Waals surface area contributed by atoms with Crippen LogP contribution in [-0.2, 0) is 16.6 Å². The number of piperazine rings is 1. The molecule has 0 aliphatic carbocycles. The Labute approximate surface area is 174 Å². The molecule has 2 N–H and O–H groups in total. The fraction of sp³-hybridized carbons (Fsp3) is 0.588. The van der Waals surface area contributed by atoms with Gasteiger partial charge >= 0.3 is 0 Å². The molecule has 9 heteroatoms. The second kappa shape index (κ2) is 11.7. The minimum absolute atomic E-state index is 0. The van der Waals surface area contributed by atoms with Gasteiger partial charge in [0, 0.05) is 45.8 Å². The first-order valence-electron chi connectivity index (χ1n) is 8.72. The molecule has 148 valence electrons. The summed E-state index contributed by atoms with van der Waals surface area (Å²) in [5.41, 5.74) is 1.34. The molecule has 2 rings (SSSR count). The molecule has 1 aromatic rings. The van der Waals surface area contributed by atoms with E-state index in [0.29, 0.717) is 13.1 Å².